The molecule has 1 atom stereocenters. The Morgan fingerprint density at radius 3 is 2.62 bits per heavy atom. The van der Waals surface area contributed by atoms with Crippen molar-refractivity contribution >= 4 is 17.4 Å². The van der Waals surface area contributed by atoms with E-state index in [1.165, 1.54) is 0 Å². The molecule has 1 saturated heterocycles. The second-order valence-corrected chi connectivity index (χ2v) is 13.7. The molecule has 0 saturated carbocycles. The second-order valence-electron chi connectivity index (χ2n) is 13.7. The van der Waals surface area contributed by atoms with Gasteiger partial charge in [0.2, 0.25) is 0 Å². The van der Waals surface area contributed by atoms with Gasteiger partial charge in [0.25, 0.3) is 0 Å². The van der Waals surface area contributed by atoms with Crippen LogP contribution in [0.25, 0.3) is 11.5 Å². The quantitative estimate of drug-likeness (QED) is 0.262. The summed E-state index contributed by atoms with van der Waals surface area (Å²) < 4.78 is 15.9. The van der Waals surface area contributed by atoms with Gasteiger partial charge in [0.05, 0.1) is 24.0 Å². The van der Waals surface area contributed by atoms with Crippen molar-refractivity contribution in [2.75, 3.05) is 24.6 Å². The van der Waals surface area contributed by atoms with Crippen molar-refractivity contribution in [3.05, 3.63) is 77.3 Å². The molecule has 45 heavy (non-hydrogen) atoms. The molecule has 0 aliphatic carbocycles. The number of anilines is 1. The number of fused-ring (bicyclic) bond motifs is 7. The number of carboxylic acid groups (broad SMARTS) is 1. The molecule has 10 heteroatoms. The average Bonchev–Trinajstić information content (AvgIpc) is 3.62. The molecule has 10 nitrogen and oxygen atoms in total. The number of aromatic nitrogens is 5. The number of carbonyl (C=O) groups is 1. The van der Waals surface area contributed by atoms with Gasteiger partial charge in [-0.15, -0.1) is 5.10 Å². The molecule has 4 aromatic rings. The van der Waals surface area contributed by atoms with Crippen molar-refractivity contribution in [3.63, 3.8) is 0 Å². The Kier molecular flexibility index (Phi) is 8.43. The van der Waals surface area contributed by atoms with Gasteiger partial charge in [0.1, 0.15) is 11.6 Å². The highest BCUT2D eigenvalue weighted by atomic mass is 16.5. The molecule has 3 aromatic heterocycles. The van der Waals surface area contributed by atoms with Gasteiger partial charge in [-0.1, -0.05) is 37.3 Å². The van der Waals surface area contributed by atoms with E-state index in [0.29, 0.717) is 35.8 Å². The molecule has 7 rings (SSSR count). The highest BCUT2D eigenvalue weighted by molar-refractivity contribution is 5.78. The van der Waals surface area contributed by atoms with Crippen LogP contribution in [0, 0.1) is 12.3 Å². The third-order valence-corrected chi connectivity index (χ3v) is 8.88. The Morgan fingerprint density at radius 1 is 1.11 bits per heavy atom. The highest BCUT2D eigenvalue weighted by Crippen LogP contribution is 2.41. The van der Waals surface area contributed by atoms with E-state index in [0.717, 1.165) is 67.9 Å². The number of ether oxygens (including phenoxy) is 2. The molecule has 3 aliphatic rings. The minimum absolute atomic E-state index is 0.186. The Morgan fingerprint density at radius 2 is 1.87 bits per heavy atom. The van der Waals surface area contributed by atoms with Crippen LogP contribution < -0.4 is 9.64 Å². The van der Waals surface area contributed by atoms with Crippen LogP contribution in [0.4, 0.5) is 5.82 Å². The van der Waals surface area contributed by atoms with Crippen molar-refractivity contribution in [3.8, 4) is 11.6 Å². The van der Waals surface area contributed by atoms with E-state index in [9.17, 15) is 9.90 Å². The first-order chi connectivity index (χ1) is 21.5. The Balaban J connectivity index is 1.47. The third-order valence-electron chi connectivity index (χ3n) is 8.88. The number of nitrogens with zero attached hydrogens (tertiary/aromatic N) is 6. The molecule has 0 amide bonds. The minimum Gasteiger partial charge on any atom is -0.493 e. The van der Waals surface area contributed by atoms with Crippen LogP contribution in [-0.2, 0) is 16.0 Å². The first-order valence-electron chi connectivity index (χ1n) is 16.0. The summed E-state index contributed by atoms with van der Waals surface area (Å²) in [4.78, 5) is 19.9. The van der Waals surface area contributed by atoms with Gasteiger partial charge in [-0.05, 0) is 82.4 Å². The van der Waals surface area contributed by atoms with Crippen LogP contribution in [0.5, 0.6) is 5.75 Å². The molecule has 1 aromatic carbocycles. The third kappa shape index (κ3) is 6.76. The number of carboxylic acids is 1. The van der Waals surface area contributed by atoms with E-state index >= 15 is 0 Å². The van der Waals surface area contributed by atoms with Crippen molar-refractivity contribution in [1.82, 2.24) is 24.4 Å². The van der Waals surface area contributed by atoms with Gasteiger partial charge in [0, 0.05) is 37.5 Å². The molecule has 0 spiro atoms. The summed E-state index contributed by atoms with van der Waals surface area (Å²) in [6.45, 7) is 12.0. The summed E-state index contributed by atoms with van der Waals surface area (Å²) in [5.41, 5.74) is 3.43. The number of rotatable bonds is 3. The van der Waals surface area contributed by atoms with E-state index in [4.69, 9.17) is 19.6 Å². The number of benzene rings is 1. The van der Waals surface area contributed by atoms with Crippen LogP contribution in [0.15, 0.2) is 54.9 Å². The Bertz CT molecular complexity index is 1710. The molecular weight excluding hydrogens is 568 g/mol. The van der Waals surface area contributed by atoms with Gasteiger partial charge >= 0.3 is 5.97 Å². The summed E-state index contributed by atoms with van der Waals surface area (Å²) in [7, 11) is 0. The molecule has 3 aliphatic heterocycles. The molecular formula is C35H44N6O4. The van der Waals surface area contributed by atoms with E-state index in [2.05, 4.69) is 35.1 Å². The van der Waals surface area contributed by atoms with Gasteiger partial charge in [-0.3, -0.25) is 0 Å². The lowest BCUT2D eigenvalue weighted by molar-refractivity contribution is -0.160. The normalized spacial score (nSPS) is 18.6. The van der Waals surface area contributed by atoms with Gasteiger partial charge in [-0.2, -0.15) is 9.61 Å². The lowest BCUT2D eigenvalue weighted by Crippen LogP contribution is -2.41. The number of hydrogen-bond donors (Lipinski definition) is 1. The highest BCUT2D eigenvalue weighted by Gasteiger charge is 2.37. The van der Waals surface area contributed by atoms with Crippen LogP contribution in [0.1, 0.15) is 88.3 Å². The molecule has 1 N–H and O–H groups in total. The van der Waals surface area contributed by atoms with Gasteiger partial charge < -0.3 is 19.5 Å². The maximum Gasteiger partial charge on any atom is 0.337 e. The molecule has 6 bridgehead atoms. The smallest absolute Gasteiger partial charge is 0.337 e. The van der Waals surface area contributed by atoms with Crippen molar-refractivity contribution < 1.29 is 19.4 Å². The summed E-state index contributed by atoms with van der Waals surface area (Å²) in [5, 5.41) is 20.1. The first-order valence-corrected chi connectivity index (χ1v) is 16.0. The SMILES string of the molecule is Cc1nc2cc3nn2c(c1[C@H](OC(C)(C)C)C(=O)O)N1CCC(C)(CC/C=C/CCOc2ccccc2Cc2cnn-3c2)CC1. The zero-order valence-corrected chi connectivity index (χ0v) is 27.0. The monoisotopic (exact) mass is 612 g/mol. The zero-order chi connectivity index (χ0) is 31.8. The predicted octanol–water partition coefficient (Wildman–Crippen LogP) is 6.48. The summed E-state index contributed by atoms with van der Waals surface area (Å²) >= 11 is 0. The number of allylic oxidation sites excluding steroid dienone is 1. The van der Waals surface area contributed by atoms with Gasteiger partial charge in [-0.25, -0.2) is 14.5 Å². The number of aliphatic carboxylic acids is 1. The average molecular weight is 613 g/mol. The van der Waals surface area contributed by atoms with E-state index < -0.39 is 17.7 Å². The molecule has 0 radical (unpaired) electrons. The van der Waals surface area contributed by atoms with Crippen molar-refractivity contribution in [2.24, 2.45) is 5.41 Å². The largest absolute Gasteiger partial charge is 0.493 e. The van der Waals surface area contributed by atoms with Crippen molar-refractivity contribution in [1.29, 1.82) is 0 Å². The van der Waals surface area contributed by atoms with Gasteiger partial charge in [0.15, 0.2) is 17.6 Å². The topological polar surface area (TPSA) is 107 Å². The van der Waals surface area contributed by atoms with E-state index in [-0.39, 0.29) is 5.41 Å². The maximum absolute atomic E-state index is 12.8. The van der Waals surface area contributed by atoms with E-state index in [1.54, 1.807) is 9.20 Å². The Labute approximate surface area is 264 Å². The zero-order valence-electron chi connectivity index (χ0n) is 27.0. The number of hydrogen-bond acceptors (Lipinski definition) is 7. The summed E-state index contributed by atoms with van der Waals surface area (Å²) in [6, 6.07) is 10.0. The van der Waals surface area contributed by atoms with Crippen LogP contribution in [0.3, 0.4) is 0 Å². The Hall–Kier alpha value is -4.18. The first kappa shape index (κ1) is 30.8. The summed E-state index contributed by atoms with van der Waals surface area (Å²) in [6.07, 6.45) is 12.8. The fourth-order valence-corrected chi connectivity index (χ4v) is 6.41. The van der Waals surface area contributed by atoms with Crippen LogP contribution >= 0.6 is 0 Å². The standard InChI is InChI=1S/C35H44N6O4/c1-24-30(31(33(42)43)45-34(2,3)4)32-39-17-15-35(5,16-18-39)14-10-6-7-11-19-44-27-13-9-8-12-26(27)20-25-22-36-40(23-25)29-21-28(37-24)41(32)38-29/h6-9,12-13,21-23,31H,10-11,14-20H2,1-5H3,(H,42,43)/b7-6+/t31-/m0/s1. The maximum atomic E-state index is 12.8. The fraction of sp³-hybridized carbons (Fsp3) is 0.486. The number of aryl methyl sites for hydroxylation is 1. The predicted molar refractivity (Wildman–Crippen MR) is 173 cm³/mol. The van der Waals surface area contributed by atoms with E-state index in [1.807, 2.05) is 64.4 Å². The van der Waals surface area contributed by atoms with Crippen LogP contribution in [-0.4, -0.2) is 60.8 Å². The lowest BCUT2D eigenvalue weighted by atomic mass is 9.76. The lowest BCUT2D eigenvalue weighted by Gasteiger charge is -2.41. The molecule has 0 unspecified atom stereocenters. The summed E-state index contributed by atoms with van der Waals surface area (Å²) in [5.74, 6) is 1.18. The molecule has 1 fully saturated rings. The number of para-hydroxylation sites is 1. The van der Waals surface area contributed by atoms with Crippen molar-refractivity contribution in [2.45, 2.75) is 84.8 Å². The number of piperidine rings is 1. The molecule has 238 valence electrons. The van der Waals surface area contributed by atoms with Crippen LogP contribution in [0.2, 0.25) is 0 Å². The fourth-order valence-electron chi connectivity index (χ4n) is 6.41. The molecule has 6 heterocycles. The second kappa shape index (κ2) is 12.3. The minimum atomic E-state index is -1.20.